The van der Waals surface area contributed by atoms with Crippen LogP contribution in [0.5, 0.6) is 5.75 Å². The number of fused-ring (bicyclic) bond motifs is 1. The minimum absolute atomic E-state index is 0.0774. The number of hydrogen-bond acceptors (Lipinski definition) is 6. The van der Waals surface area contributed by atoms with Gasteiger partial charge in [0.15, 0.2) is 0 Å². The van der Waals surface area contributed by atoms with E-state index >= 15 is 0 Å². The molecule has 7 nitrogen and oxygen atoms in total. The third-order valence-corrected chi connectivity index (χ3v) is 5.31. The number of pyridine rings is 1. The van der Waals surface area contributed by atoms with Gasteiger partial charge in [-0.25, -0.2) is 0 Å². The van der Waals surface area contributed by atoms with Crippen molar-refractivity contribution in [1.29, 1.82) is 0 Å². The molecule has 2 aliphatic rings. The van der Waals surface area contributed by atoms with Gasteiger partial charge in [0, 0.05) is 57.4 Å². The van der Waals surface area contributed by atoms with Crippen molar-refractivity contribution in [2.75, 3.05) is 40.0 Å². The number of benzene rings is 1. The van der Waals surface area contributed by atoms with Gasteiger partial charge in [-0.15, -0.1) is 0 Å². The number of nitrogens with one attached hydrogen (secondary N) is 1. The molecule has 0 radical (unpaired) electrons. The smallest absolute Gasteiger partial charge is 0.253 e. The normalized spacial score (nSPS) is 19.3. The van der Waals surface area contributed by atoms with Gasteiger partial charge in [0.05, 0.1) is 13.2 Å². The van der Waals surface area contributed by atoms with Crippen LogP contribution in [-0.2, 0) is 20.8 Å². The van der Waals surface area contributed by atoms with Gasteiger partial charge in [-0.1, -0.05) is 6.07 Å². The fourth-order valence-corrected chi connectivity index (χ4v) is 3.68. The summed E-state index contributed by atoms with van der Waals surface area (Å²) in [6.07, 6.45) is 4.31. The van der Waals surface area contributed by atoms with Crippen LogP contribution in [0.3, 0.4) is 0 Å². The van der Waals surface area contributed by atoms with Crippen LogP contribution in [0.4, 0.5) is 0 Å². The molecule has 1 saturated heterocycles. The molecule has 7 heteroatoms. The lowest BCUT2D eigenvalue weighted by Gasteiger charge is -2.30. The summed E-state index contributed by atoms with van der Waals surface area (Å²) in [7, 11) is 1.69. The summed E-state index contributed by atoms with van der Waals surface area (Å²) in [5.41, 5.74) is 1.90. The Labute approximate surface area is 171 Å². The minimum atomic E-state index is -0.392. The van der Waals surface area contributed by atoms with E-state index in [2.05, 4.69) is 16.4 Å². The summed E-state index contributed by atoms with van der Waals surface area (Å²) in [4.78, 5) is 19.5. The first kappa shape index (κ1) is 20.1. The summed E-state index contributed by atoms with van der Waals surface area (Å²) in [6, 6.07) is 8.39. The molecule has 2 heterocycles. The Hall–Kier alpha value is -2.22. The molecular weight excluding hydrogens is 370 g/mol. The Morgan fingerprint density at radius 2 is 2.24 bits per heavy atom. The highest BCUT2D eigenvalue weighted by Crippen LogP contribution is 2.32. The van der Waals surface area contributed by atoms with E-state index in [0.29, 0.717) is 39.0 Å². The van der Waals surface area contributed by atoms with Crippen LogP contribution >= 0.6 is 0 Å². The highest BCUT2D eigenvalue weighted by molar-refractivity contribution is 5.86. The van der Waals surface area contributed by atoms with Crippen molar-refractivity contribution in [3.8, 4) is 5.75 Å². The first-order chi connectivity index (χ1) is 14.3. The van der Waals surface area contributed by atoms with E-state index in [9.17, 15) is 4.79 Å². The lowest BCUT2D eigenvalue weighted by atomic mass is 10.1. The molecule has 2 fully saturated rings. The maximum Gasteiger partial charge on any atom is 0.253 e. The van der Waals surface area contributed by atoms with Crippen LogP contribution < -0.4 is 10.1 Å². The fraction of sp³-hybridized carbons (Fsp3) is 0.545. The molecule has 0 bridgehead atoms. The number of carbonyl (C=O) groups excluding carboxylic acids is 1. The fourth-order valence-electron chi connectivity index (χ4n) is 3.68. The van der Waals surface area contributed by atoms with E-state index in [1.165, 1.54) is 0 Å². The van der Waals surface area contributed by atoms with Gasteiger partial charge in [-0.05, 0) is 36.6 Å². The van der Waals surface area contributed by atoms with Crippen molar-refractivity contribution in [2.45, 2.75) is 38.0 Å². The molecule has 2 aromatic rings. The van der Waals surface area contributed by atoms with Gasteiger partial charge < -0.3 is 24.4 Å². The molecule has 1 atom stereocenters. The van der Waals surface area contributed by atoms with E-state index in [-0.39, 0.29) is 5.91 Å². The molecular formula is C22H29N3O4. The summed E-state index contributed by atoms with van der Waals surface area (Å²) < 4.78 is 16.8. The standard InChI is InChI=1S/C22H29N3O4/c1-27-9-3-10-28-19-13-16(12-17-4-2-7-24-21(17)19)15-25(18-5-6-18)22(26)20-14-23-8-11-29-20/h2,4,7,12-13,18,20,23H,3,5-6,8-11,14-15H2,1H3/t20-/m1/s1. The van der Waals surface area contributed by atoms with Crippen molar-refractivity contribution >= 4 is 16.8 Å². The van der Waals surface area contributed by atoms with Crippen LogP contribution in [-0.4, -0.2) is 68.0 Å². The number of ether oxygens (including phenoxy) is 3. The number of aromatic nitrogens is 1. The summed E-state index contributed by atoms with van der Waals surface area (Å²) in [5.74, 6) is 0.835. The second kappa shape index (κ2) is 9.52. The molecule has 1 N–H and O–H groups in total. The third-order valence-electron chi connectivity index (χ3n) is 5.31. The van der Waals surface area contributed by atoms with Crippen LogP contribution in [0.15, 0.2) is 30.5 Å². The molecule has 1 aromatic carbocycles. The number of methoxy groups -OCH3 is 1. The van der Waals surface area contributed by atoms with Crippen LogP contribution in [0.25, 0.3) is 10.9 Å². The van der Waals surface area contributed by atoms with Gasteiger partial charge >= 0.3 is 0 Å². The Bertz CT molecular complexity index is 834. The van der Waals surface area contributed by atoms with Gasteiger partial charge in [0.1, 0.15) is 17.4 Å². The quantitative estimate of drug-likeness (QED) is 0.652. The van der Waals surface area contributed by atoms with Gasteiger partial charge in [0.2, 0.25) is 0 Å². The highest BCUT2D eigenvalue weighted by atomic mass is 16.5. The van der Waals surface area contributed by atoms with Crippen molar-refractivity contribution in [3.63, 3.8) is 0 Å². The lowest BCUT2D eigenvalue weighted by Crippen LogP contribution is -2.49. The lowest BCUT2D eigenvalue weighted by molar-refractivity contribution is -0.146. The molecule has 0 spiro atoms. The Morgan fingerprint density at radius 3 is 3.00 bits per heavy atom. The van der Waals surface area contributed by atoms with Gasteiger partial charge in [-0.3, -0.25) is 9.78 Å². The average molecular weight is 399 g/mol. The van der Waals surface area contributed by atoms with Crippen molar-refractivity contribution in [3.05, 3.63) is 36.0 Å². The molecule has 4 rings (SSSR count). The maximum absolute atomic E-state index is 13.1. The van der Waals surface area contributed by atoms with Crippen molar-refractivity contribution < 1.29 is 19.0 Å². The first-order valence-corrected chi connectivity index (χ1v) is 10.4. The molecule has 1 aliphatic heterocycles. The molecule has 29 heavy (non-hydrogen) atoms. The molecule has 1 aromatic heterocycles. The van der Waals surface area contributed by atoms with Crippen LogP contribution in [0.1, 0.15) is 24.8 Å². The van der Waals surface area contributed by atoms with E-state index in [1.807, 2.05) is 23.1 Å². The number of nitrogens with zero attached hydrogens (tertiary/aromatic N) is 2. The second-order valence-electron chi connectivity index (χ2n) is 7.62. The van der Waals surface area contributed by atoms with Gasteiger partial charge in [0.25, 0.3) is 5.91 Å². The summed E-state index contributed by atoms with van der Waals surface area (Å²) in [5, 5.41) is 4.27. The zero-order chi connectivity index (χ0) is 20.1. The Balaban J connectivity index is 1.54. The number of carbonyl (C=O) groups is 1. The number of rotatable bonds is 9. The minimum Gasteiger partial charge on any atom is -0.491 e. The van der Waals surface area contributed by atoms with E-state index in [0.717, 1.165) is 48.0 Å². The van der Waals surface area contributed by atoms with Crippen molar-refractivity contribution in [2.24, 2.45) is 0 Å². The van der Waals surface area contributed by atoms with Crippen LogP contribution in [0.2, 0.25) is 0 Å². The zero-order valence-corrected chi connectivity index (χ0v) is 16.9. The molecule has 1 saturated carbocycles. The second-order valence-corrected chi connectivity index (χ2v) is 7.62. The first-order valence-electron chi connectivity index (χ1n) is 10.4. The van der Waals surface area contributed by atoms with E-state index in [4.69, 9.17) is 14.2 Å². The van der Waals surface area contributed by atoms with Gasteiger partial charge in [-0.2, -0.15) is 0 Å². The largest absolute Gasteiger partial charge is 0.491 e. The predicted molar refractivity (Wildman–Crippen MR) is 110 cm³/mol. The van der Waals surface area contributed by atoms with E-state index < -0.39 is 6.10 Å². The summed E-state index contributed by atoms with van der Waals surface area (Å²) in [6.45, 7) is 3.74. The monoisotopic (exact) mass is 399 g/mol. The van der Waals surface area contributed by atoms with Crippen molar-refractivity contribution in [1.82, 2.24) is 15.2 Å². The molecule has 156 valence electrons. The SMILES string of the molecule is COCCCOc1cc(CN(C(=O)[C@H]2CNCCO2)C2CC2)cc2cccnc12. The zero-order valence-electron chi connectivity index (χ0n) is 16.9. The molecule has 0 unspecified atom stereocenters. The Morgan fingerprint density at radius 1 is 1.34 bits per heavy atom. The number of hydrogen-bond donors (Lipinski definition) is 1. The summed E-state index contributed by atoms with van der Waals surface area (Å²) >= 11 is 0. The van der Waals surface area contributed by atoms with Crippen LogP contribution in [0, 0.1) is 0 Å². The molecule has 1 aliphatic carbocycles. The average Bonchev–Trinajstić information content (AvgIpc) is 3.60. The number of amides is 1. The topological polar surface area (TPSA) is 72.9 Å². The highest BCUT2D eigenvalue weighted by Gasteiger charge is 2.36. The molecule has 1 amide bonds. The Kier molecular flexibility index (Phi) is 6.59. The third kappa shape index (κ3) is 5.04. The van der Waals surface area contributed by atoms with E-state index in [1.54, 1.807) is 13.3 Å². The maximum atomic E-state index is 13.1. The number of morpholine rings is 1. The predicted octanol–water partition coefficient (Wildman–Crippen LogP) is 2.13.